The van der Waals surface area contributed by atoms with Crippen LogP contribution >= 0.6 is 11.6 Å². The molecule has 7 nitrogen and oxygen atoms in total. The molecule has 8 heteroatoms. The molecule has 1 fully saturated rings. The maximum absolute atomic E-state index is 12.6. The molecule has 0 unspecified atom stereocenters. The summed E-state index contributed by atoms with van der Waals surface area (Å²) >= 11 is 6.08. The molecule has 2 aromatic carbocycles. The monoisotopic (exact) mass is 509 g/mol. The molecule has 0 atom stereocenters. The van der Waals surface area contributed by atoms with Crippen LogP contribution in [0.5, 0.6) is 11.5 Å². The van der Waals surface area contributed by atoms with Gasteiger partial charge in [0.2, 0.25) is 6.79 Å². The first-order valence-corrected chi connectivity index (χ1v) is 12.9. The van der Waals surface area contributed by atoms with Crippen LogP contribution in [0.15, 0.2) is 59.0 Å². The summed E-state index contributed by atoms with van der Waals surface area (Å²) in [5.41, 5.74) is 2.25. The lowest BCUT2D eigenvalue weighted by atomic mass is 10.1. The van der Waals surface area contributed by atoms with E-state index in [4.69, 9.17) is 25.5 Å². The van der Waals surface area contributed by atoms with Crippen LogP contribution in [0.25, 0.3) is 0 Å². The van der Waals surface area contributed by atoms with Gasteiger partial charge in [0.05, 0.1) is 6.54 Å². The van der Waals surface area contributed by atoms with E-state index in [0.717, 1.165) is 48.0 Å². The van der Waals surface area contributed by atoms with E-state index in [9.17, 15) is 4.79 Å². The average molecular weight is 510 g/mol. The van der Waals surface area contributed by atoms with Crippen LogP contribution in [0.3, 0.4) is 0 Å². The van der Waals surface area contributed by atoms with Gasteiger partial charge in [0, 0.05) is 31.2 Å². The number of fused-ring (bicyclic) bond motifs is 1. The second-order valence-electron chi connectivity index (χ2n) is 9.38. The number of hydrogen-bond donors (Lipinski definition) is 1. The highest BCUT2D eigenvalue weighted by molar-refractivity contribution is 6.30. The van der Waals surface area contributed by atoms with Crippen molar-refractivity contribution >= 4 is 17.5 Å². The first kappa shape index (κ1) is 24.7. The van der Waals surface area contributed by atoms with Crippen molar-refractivity contribution in [2.24, 2.45) is 0 Å². The lowest BCUT2D eigenvalue weighted by Gasteiger charge is -2.26. The van der Waals surface area contributed by atoms with Crippen LogP contribution in [-0.2, 0) is 19.6 Å². The minimum Gasteiger partial charge on any atom is -0.455 e. The van der Waals surface area contributed by atoms with Crippen molar-refractivity contribution < 1.29 is 18.7 Å². The first-order valence-electron chi connectivity index (χ1n) is 12.6. The largest absolute Gasteiger partial charge is 0.455 e. The molecule has 190 valence electrons. The molecular weight excluding hydrogens is 478 g/mol. The Kier molecular flexibility index (Phi) is 8.11. The number of hydrogen-bond acceptors (Lipinski definition) is 6. The second kappa shape index (κ2) is 11.8. The molecule has 1 aromatic heterocycles. The molecule has 1 saturated heterocycles. The zero-order chi connectivity index (χ0) is 24.7. The zero-order valence-electron chi connectivity index (χ0n) is 20.4. The van der Waals surface area contributed by atoms with E-state index >= 15 is 0 Å². The molecule has 0 bridgehead atoms. The van der Waals surface area contributed by atoms with Gasteiger partial charge in [-0.3, -0.25) is 9.69 Å². The van der Waals surface area contributed by atoms with Crippen molar-refractivity contribution in [1.82, 2.24) is 15.1 Å². The normalized spacial score (nSPS) is 15.4. The molecule has 0 aliphatic carbocycles. The van der Waals surface area contributed by atoms with E-state index in [1.807, 2.05) is 48.5 Å². The number of carbonyl (C=O) groups is 1. The number of nitrogens with zero attached hydrogens (tertiary/aromatic N) is 2. The Hall–Kier alpha value is -3.00. The van der Waals surface area contributed by atoms with Gasteiger partial charge in [-0.2, -0.15) is 0 Å². The van der Waals surface area contributed by atoms with Crippen molar-refractivity contribution in [2.75, 3.05) is 33.0 Å². The quantitative estimate of drug-likeness (QED) is 0.411. The molecule has 3 heterocycles. The molecule has 1 amide bonds. The Bertz CT molecular complexity index is 1160. The minimum atomic E-state index is -0.168. The lowest BCUT2D eigenvalue weighted by molar-refractivity contribution is 0.0914. The van der Waals surface area contributed by atoms with Gasteiger partial charge in [0.1, 0.15) is 5.76 Å². The molecular formula is C28H32ClN3O4. The predicted molar refractivity (Wildman–Crippen MR) is 138 cm³/mol. The van der Waals surface area contributed by atoms with Crippen LogP contribution < -0.4 is 14.8 Å². The Morgan fingerprint density at radius 2 is 1.64 bits per heavy atom. The van der Waals surface area contributed by atoms with Crippen LogP contribution in [0, 0.1) is 0 Å². The maximum Gasteiger partial charge on any atom is 0.287 e. The number of benzene rings is 2. The highest BCUT2D eigenvalue weighted by Crippen LogP contribution is 2.33. The smallest absolute Gasteiger partial charge is 0.287 e. The van der Waals surface area contributed by atoms with Crippen LogP contribution in [0.1, 0.15) is 46.7 Å². The summed E-state index contributed by atoms with van der Waals surface area (Å²) in [4.78, 5) is 17.3. The molecule has 2 aliphatic heterocycles. The summed E-state index contributed by atoms with van der Waals surface area (Å²) in [6, 6.07) is 17.5. The number of likely N-dealkylation sites (tertiary alicyclic amines) is 1. The van der Waals surface area contributed by atoms with Crippen LogP contribution in [-0.4, -0.2) is 48.7 Å². The Labute approximate surface area is 216 Å². The standard InChI is InChI=1S/C28H32ClN3O4/c29-23-7-4-21(5-8-23)17-32(18-22-6-10-25-27(16-22)35-20-34-25)19-24-9-11-26(36-24)28(33)30-12-15-31-13-2-1-3-14-31/h4-11,16H,1-3,12-15,17-20H2,(H,30,33). The van der Waals surface area contributed by atoms with Gasteiger partial charge >= 0.3 is 0 Å². The summed E-state index contributed by atoms with van der Waals surface area (Å²) in [7, 11) is 0. The predicted octanol–water partition coefficient (Wildman–Crippen LogP) is 5.08. The Balaban J connectivity index is 1.22. The van der Waals surface area contributed by atoms with Gasteiger partial charge in [-0.25, -0.2) is 0 Å². The first-order chi connectivity index (χ1) is 17.6. The van der Waals surface area contributed by atoms with E-state index in [1.54, 1.807) is 6.07 Å². The summed E-state index contributed by atoms with van der Waals surface area (Å²) in [6.07, 6.45) is 3.80. The Morgan fingerprint density at radius 1 is 0.889 bits per heavy atom. The van der Waals surface area contributed by atoms with Gasteiger partial charge in [-0.05, 0) is 73.5 Å². The van der Waals surface area contributed by atoms with Crippen molar-refractivity contribution in [3.8, 4) is 11.5 Å². The molecule has 5 rings (SSSR count). The third-order valence-corrected chi connectivity index (χ3v) is 6.84. The number of halogens is 1. The van der Waals surface area contributed by atoms with Gasteiger partial charge in [0.15, 0.2) is 17.3 Å². The summed E-state index contributed by atoms with van der Waals surface area (Å²) in [5.74, 6) is 2.45. The van der Waals surface area contributed by atoms with Gasteiger partial charge in [-0.1, -0.05) is 36.2 Å². The van der Waals surface area contributed by atoms with Crippen molar-refractivity contribution in [3.05, 3.63) is 82.3 Å². The van der Waals surface area contributed by atoms with Crippen LogP contribution in [0.2, 0.25) is 5.02 Å². The summed E-state index contributed by atoms with van der Waals surface area (Å²) in [6.45, 7) is 5.92. The van der Waals surface area contributed by atoms with E-state index in [0.29, 0.717) is 37.0 Å². The van der Waals surface area contributed by atoms with E-state index in [-0.39, 0.29) is 12.7 Å². The van der Waals surface area contributed by atoms with Gasteiger partial charge in [-0.15, -0.1) is 0 Å². The topological polar surface area (TPSA) is 67.2 Å². The third kappa shape index (κ3) is 6.60. The fraction of sp³-hybridized carbons (Fsp3) is 0.393. The van der Waals surface area contributed by atoms with Gasteiger partial charge in [0.25, 0.3) is 5.91 Å². The number of rotatable bonds is 10. The molecule has 3 aromatic rings. The number of ether oxygens (including phenoxy) is 2. The average Bonchev–Trinajstić information content (AvgIpc) is 3.55. The SMILES string of the molecule is O=C(NCCN1CCCCC1)c1ccc(CN(Cc2ccc(Cl)cc2)Cc2ccc3c(c2)OCO3)o1. The summed E-state index contributed by atoms with van der Waals surface area (Å²) in [5, 5.41) is 3.71. The van der Waals surface area contributed by atoms with Crippen molar-refractivity contribution in [3.63, 3.8) is 0 Å². The third-order valence-electron chi connectivity index (χ3n) is 6.59. The van der Waals surface area contributed by atoms with E-state index in [1.165, 1.54) is 19.3 Å². The molecule has 1 N–H and O–H groups in total. The number of piperidine rings is 1. The molecule has 0 radical (unpaired) electrons. The van der Waals surface area contributed by atoms with Crippen molar-refractivity contribution in [2.45, 2.75) is 38.9 Å². The fourth-order valence-electron chi connectivity index (χ4n) is 4.72. The second-order valence-corrected chi connectivity index (χ2v) is 9.82. The van der Waals surface area contributed by atoms with E-state index < -0.39 is 0 Å². The highest BCUT2D eigenvalue weighted by atomic mass is 35.5. The van der Waals surface area contributed by atoms with Crippen LogP contribution in [0.4, 0.5) is 0 Å². The number of carbonyl (C=O) groups excluding carboxylic acids is 1. The molecule has 2 aliphatic rings. The summed E-state index contributed by atoms with van der Waals surface area (Å²) < 4.78 is 16.9. The van der Waals surface area contributed by atoms with Crippen molar-refractivity contribution in [1.29, 1.82) is 0 Å². The molecule has 0 saturated carbocycles. The number of furan rings is 1. The number of amides is 1. The Morgan fingerprint density at radius 3 is 2.47 bits per heavy atom. The highest BCUT2D eigenvalue weighted by Gasteiger charge is 2.18. The van der Waals surface area contributed by atoms with E-state index in [2.05, 4.69) is 15.1 Å². The fourth-order valence-corrected chi connectivity index (χ4v) is 4.84. The lowest BCUT2D eigenvalue weighted by Crippen LogP contribution is -2.37. The minimum absolute atomic E-state index is 0.168. The van der Waals surface area contributed by atoms with Gasteiger partial charge < -0.3 is 24.1 Å². The number of nitrogens with one attached hydrogen (secondary N) is 1. The molecule has 36 heavy (non-hydrogen) atoms. The maximum atomic E-state index is 12.6. The zero-order valence-corrected chi connectivity index (χ0v) is 21.1. The molecule has 0 spiro atoms.